The van der Waals surface area contributed by atoms with Gasteiger partial charge in [0.15, 0.2) is 0 Å². The van der Waals surface area contributed by atoms with E-state index in [0.29, 0.717) is 12.1 Å². The van der Waals surface area contributed by atoms with Gasteiger partial charge in [0.05, 0.1) is 0 Å². The molecule has 1 aliphatic rings. The molecule has 1 fully saturated rings. The number of nitrogens with zero attached hydrogens (tertiary/aromatic N) is 1. The molecule has 0 radical (unpaired) electrons. The number of piperidine rings is 1. The van der Waals surface area contributed by atoms with E-state index in [1.54, 1.807) is 24.3 Å². The molecular formula is C21H24FN3O2. The van der Waals surface area contributed by atoms with Gasteiger partial charge in [-0.1, -0.05) is 24.3 Å². The molecule has 0 saturated carbocycles. The van der Waals surface area contributed by atoms with E-state index in [-0.39, 0.29) is 17.6 Å². The number of nitrogens with two attached hydrogens (primary N) is 1. The molecule has 142 valence electrons. The summed E-state index contributed by atoms with van der Waals surface area (Å²) in [5, 5.41) is 2.95. The van der Waals surface area contributed by atoms with Gasteiger partial charge < -0.3 is 11.1 Å². The van der Waals surface area contributed by atoms with E-state index in [1.807, 2.05) is 12.1 Å². The zero-order chi connectivity index (χ0) is 19.2. The predicted molar refractivity (Wildman–Crippen MR) is 101 cm³/mol. The molecule has 5 nitrogen and oxygen atoms in total. The maximum atomic E-state index is 12.9. The van der Waals surface area contributed by atoms with Crippen LogP contribution in [0, 0.1) is 11.7 Å². The Balaban J connectivity index is 1.43. The highest BCUT2D eigenvalue weighted by Gasteiger charge is 2.24. The first-order valence-electron chi connectivity index (χ1n) is 9.14. The second-order valence-corrected chi connectivity index (χ2v) is 6.96. The van der Waals surface area contributed by atoms with Gasteiger partial charge in [-0.25, -0.2) is 4.39 Å². The summed E-state index contributed by atoms with van der Waals surface area (Å²) in [6.45, 7) is 2.92. The minimum absolute atomic E-state index is 0.0129. The number of rotatable bonds is 6. The fraction of sp³-hybridized carbons (Fsp3) is 0.333. The molecule has 0 spiro atoms. The van der Waals surface area contributed by atoms with Crippen molar-refractivity contribution in [3.05, 3.63) is 71.0 Å². The first kappa shape index (κ1) is 19.0. The summed E-state index contributed by atoms with van der Waals surface area (Å²) in [7, 11) is 0. The smallest absolute Gasteiger partial charge is 0.248 e. The van der Waals surface area contributed by atoms with Crippen LogP contribution >= 0.6 is 0 Å². The van der Waals surface area contributed by atoms with Crippen molar-refractivity contribution in [3.63, 3.8) is 0 Å². The average Bonchev–Trinajstić information content (AvgIpc) is 2.68. The summed E-state index contributed by atoms with van der Waals surface area (Å²) in [6, 6.07) is 13.5. The fourth-order valence-electron chi connectivity index (χ4n) is 3.32. The molecule has 0 unspecified atom stereocenters. The van der Waals surface area contributed by atoms with Crippen LogP contribution in [0.25, 0.3) is 0 Å². The summed E-state index contributed by atoms with van der Waals surface area (Å²) in [5.74, 6) is -0.626. The third-order valence-corrected chi connectivity index (χ3v) is 4.98. The number of likely N-dealkylation sites (tertiary alicyclic amines) is 1. The third-order valence-electron chi connectivity index (χ3n) is 4.98. The van der Waals surface area contributed by atoms with E-state index >= 15 is 0 Å². The predicted octanol–water partition coefficient (Wildman–Crippen LogP) is 2.45. The molecule has 27 heavy (non-hydrogen) atoms. The van der Waals surface area contributed by atoms with Crippen molar-refractivity contribution < 1.29 is 14.0 Å². The monoisotopic (exact) mass is 369 g/mol. The SMILES string of the molecule is NC(=O)c1ccc(CN2CCC(C(=O)NCc3ccc(F)cc3)CC2)cc1. The highest BCUT2D eigenvalue weighted by Crippen LogP contribution is 2.19. The van der Waals surface area contributed by atoms with Gasteiger partial charge in [0, 0.05) is 24.6 Å². The van der Waals surface area contributed by atoms with Gasteiger partial charge in [0.1, 0.15) is 5.82 Å². The number of hydrogen-bond donors (Lipinski definition) is 2. The largest absolute Gasteiger partial charge is 0.366 e. The van der Waals surface area contributed by atoms with Crippen molar-refractivity contribution >= 4 is 11.8 Å². The lowest BCUT2D eigenvalue weighted by Gasteiger charge is -2.31. The normalized spacial score (nSPS) is 15.4. The molecule has 1 heterocycles. The van der Waals surface area contributed by atoms with Crippen molar-refractivity contribution in [1.29, 1.82) is 0 Å². The number of carbonyl (C=O) groups excluding carboxylic acids is 2. The standard InChI is InChI=1S/C21H24FN3O2/c22-19-7-3-15(4-8-19)13-24-21(27)18-9-11-25(12-10-18)14-16-1-5-17(6-2-16)20(23)26/h1-8,18H,9-14H2,(H2,23,26)(H,24,27). The van der Waals surface area contributed by atoms with Gasteiger partial charge in [-0.15, -0.1) is 0 Å². The molecular weight excluding hydrogens is 345 g/mol. The molecule has 3 N–H and O–H groups in total. The summed E-state index contributed by atoms with van der Waals surface area (Å²) >= 11 is 0. The average molecular weight is 369 g/mol. The van der Waals surface area contributed by atoms with Gasteiger partial charge in [-0.3, -0.25) is 14.5 Å². The quantitative estimate of drug-likeness (QED) is 0.821. The number of carbonyl (C=O) groups is 2. The molecule has 0 bridgehead atoms. The topological polar surface area (TPSA) is 75.4 Å². The van der Waals surface area contributed by atoms with Gasteiger partial charge in [-0.05, 0) is 61.3 Å². The van der Waals surface area contributed by atoms with Crippen molar-refractivity contribution in [2.24, 2.45) is 11.7 Å². The van der Waals surface area contributed by atoms with Crippen LogP contribution < -0.4 is 11.1 Å². The van der Waals surface area contributed by atoms with Crippen LogP contribution in [0.2, 0.25) is 0 Å². The van der Waals surface area contributed by atoms with Crippen LogP contribution in [0.1, 0.15) is 34.3 Å². The van der Waals surface area contributed by atoms with Crippen LogP contribution in [0.3, 0.4) is 0 Å². The number of nitrogens with one attached hydrogen (secondary N) is 1. The Morgan fingerprint density at radius 3 is 2.19 bits per heavy atom. The molecule has 0 aliphatic carbocycles. The van der Waals surface area contributed by atoms with Gasteiger partial charge >= 0.3 is 0 Å². The van der Waals surface area contributed by atoms with E-state index in [2.05, 4.69) is 10.2 Å². The molecule has 2 aromatic rings. The zero-order valence-corrected chi connectivity index (χ0v) is 15.2. The lowest BCUT2D eigenvalue weighted by molar-refractivity contribution is -0.126. The molecule has 1 saturated heterocycles. The van der Waals surface area contributed by atoms with Crippen LogP contribution in [-0.4, -0.2) is 29.8 Å². The van der Waals surface area contributed by atoms with Crippen LogP contribution in [0.4, 0.5) is 4.39 Å². The van der Waals surface area contributed by atoms with Gasteiger partial charge in [-0.2, -0.15) is 0 Å². The van der Waals surface area contributed by atoms with Crippen molar-refractivity contribution in [2.45, 2.75) is 25.9 Å². The lowest BCUT2D eigenvalue weighted by atomic mass is 9.95. The molecule has 6 heteroatoms. The number of hydrogen-bond acceptors (Lipinski definition) is 3. The number of amides is 2. The Hall–Kier alpha value is -2.73. The molecule has 3 rings (SSSR count). The second-order valence-electron chi connectivity index (χ2n) is 6.96. The second kappa shape index (κ2) is 8.77. The summed E-state index contributed by atoms with van der Waals surface area (Å²) < 4.78 is 12.9. The first-order valence-corrected chi connectivity index (χ1v) is 9.14. The van der Waals surface area contributed by atoms with E-state index in [1.165, 1.54) is 12.1 Å². The maximum Gasteiger partial charge on any atom is 0.248 e. The van der Waals surface area contributed by atoms with Crippen molar-refractivity contribution in [2.75, 3.05) is 13.1 Å². The molecule has 1 aliphatic heterocycles. The fourth-order valence-corrected chi connectivity index (χ4v) is 3.32. The number of halogens is 1. The van der Waals surface area contributed by atoms with Crippen molar-refractivity contribution in [1.82, 2.24) is 10.2 Å². The summed E-state index contributed by atoms with van der Waals surface area (Å²) in [4.78, 5) is 25.8. The Morgan fingerprint density at radius 1 is 1.00 bits per heavy atom. The third kappa shape index (κ3) is 5.37. The van der Waals surface area contributed by atoms with E-state index in [0.717, 1.165) is 43.6 Å². The Bertz CT molecular complexity index is 782. The first-order chi connectivity index (χ1) is 13.0. The zero-order valence-electron chi connectivity index (χ0n) is 15.2. The molecule has 0 aromatic heterocycles. The molecule has 2 aromatic carbocycles. The molecule has 2 amide bonds. The molecule has 0 atom stereocenters. The van der Waals surface area contributed by atoms with Crippen LogP contribution in [0.5, 0.6) is 0 Å². The lowest BCUT2D eigenvalue weighted by Crippen LogP contribution is -2.40. The van der Waals surface area contributed by atoms with E-state index < -0.39 is 5.91 Å². The number of primary amides is 1. The van der Waals surface area contributed by atoms with Gasteiger partial charge in [0.25, 0.3) is 0 Å². The summed E-state index contributed by atoms with van der Waals surface area (Å²) in [5.41, 5.74) is 7.78. The Kier molecular flexibility index (Phi) is 6.19. The van der Waals surface area contributed by atoms with E-state index in [4.69, 9.17) is 5.73 Å². The Labute approximate surface area is 158 Å². The van der Waals surface area contributed by atoms with Gasteiger partial charge in [0.2, 0.25) is 11.8 Å². The van der Waals surface area contributed by atoms with E-state index in [9.17, 15) is 14.0 Å². The Morgan fingerprint density at radius 2 is 1.59 bits per heavy atom. The minimum Gasteiger partial charge on any atom is -0.366 e. The minimum atomic E-state index is -0.422. The van der Waals surface area contributed by atoms with Crippen LogP contribution in [-0.2, 0) is 17.9 Å². The highest BCUT2D eigenvalue weighted by atomic mass is 19.1. The number of benzene rings is 2. The summed E-state index contributed by atoms with van der Waals surface area (Å²) in [6.07, 6.45) is 1.63. The van der Waals surface area contributed by atoms with Crippen molar-refractivity contribution in [3.8, 4) is 0 Å². The van der Waals surface area contributed by atoms with Crippen LogP contribution in [0.15, 0.2) is 48.5 Å². The highest BCUT2D eigenvalue weighted by molar-refractivity contribution is 5.92. The maximum absolute atomic E-state index is 12.9.